The molecule has 1 fully saturated rings. The third-order valence-electron chi connectivity index (χ3n) is 3.30. The van der Waals surface area contributed by atoms with Crippen molar-refractivity contribution >= 4 is 28.9 Å². The topological polar surface area (TPSA) is 83.7 Å². The molecule has 1 aromatic rings. The second kappa shape index (κ2) is 5.66. The molecule has 6 nitrogen and oxygen atoms in total. The van der Waals surface area contributed by atoms with Crippen molar-refractivity contribution in [2.75, 3.05) is 18.0 Å². The molecule has 108 valence electrons. The number of anilines is 1. The Kier molecular flexibility index (Phi) is 4.13. The predicted octanol–water partition coefficient (Wildman–Crippen LogP) is 2.86. The van der Waals surface area contributed by atoms with Gasteiger partial charge in [-0.1, -0.05) is 11.6 Å². The molecule has 0 aliphatic heterocycles. The summed E-state index contributed by atoms with van der Waals surface area (Å²) >= 11 is 5.91. The molecule has 0 bridgehead atoms. The maximum absolute atomic E-state index is 11.0. The van der Waals surface area contributed by atoms with Crippen LogP contribution in [0.4, 0.5) is 11.4 Å². The molecule has 0 heterocycles. The minimum Gasteiger partial charge on any atom is -0.480 e. The zero-order valence-electron chi connectivity index (χ0n) is 11.0. The first-order chi connectivity index (χ1) is 9.38. The van der Waals surface area contributed by atoms with Gasteiger partial charge in [0.2, 0.25) is 0 Å². The molecule has 0 atom stereocenters. The first-order valence-corrected chi connectivity index (χ1v) is 6.67. The fourth-order valence-electron chi connectivity index (χ4n) is 2.16. The first-order valence-electron chi connectivity index (χ1n) is 6.29. The largest absolute Gasteiger partial charge is 0.480 e. The lowest BCUT2D eigenvalue weighted by Crippen LogP contribution is -2.32. The van der Waals surface area contributed by atoms with Gasteiger partial charge >= 0.3 is 5.97 Å². The van der Waals surface area contributed by atoms with Gasteiger partial charge in [-0.3, -0.25) is 14.9 Å². The molecule has 0 aromatic heterocycles. The van der Waals surface area contributed by atoms with Crippen LogP contribution in [0.15, 0.2) is 12.1 Å². The number of carboxylic acids is 1. The number of carboxylic acid groups (broad SMARTS) is 1. The fraction of sp³-hybridized carbons (Fsp3) is 0.462. The van der Waals surface area contributed by atoms with Crippen LogP contribution >= 0.6 is 11.6 Å². The molecule has 1 aliphatic carbocycles. The first kappa shape index (κ1) is 14.6. The normalized spacial score (nSPS) is 14.1. The summed E-state index contributed by atoms with van der Waals surface area (Å²) in [5, 5.41) is 19.9. The van der Waals surface area contributed by atoms with Gasteiger partial charge in [0.25, 0.3) is 5.69 Å². The van der Waals surface area contributed by atoms with E-state index < -0.39 is 10.9 Å². The third kappa shape index (κ3) is 3.39. The lowest BCUT2D eigenvalue weighted by molar-refractivity contribution is -0.384. The van der Waals surface area contributed by atoms with Crippen LogP contribution in [-0.4, -0.2) is 29.1 Å². The second-order valence-electron chi connectivity index (χ2n) is 5.06. The van der Waals surface area contributed by atoms with Crippen LogP contribution in [0.1, 0.15) is 18.4 Å². The smallest absolute Gasteiger partial charge is 0.323 e. The van der Waals surface area contributed by atoms with Gasteiger partial charge in [0, 0.05) is 18.3 Å². The van der Waals surface area contributed by atoms with Crippen LogP contribution in [0.5, 0.6) is 0 Å². The molecular formula is C13H15ClN2O4. The highest BCUT2D eigenvalue weighted by atomic mass is 35.5. The number of aryl methyl sites for hydroxylation is 1. The van der Waals surface area contributed by atoms with Gasteiger partial charge in [-0.25, -0.2) is 0 Å². The minimum absolute atomic E-state index is 0.0294. The van der Waals surface area contributed by atoms with E-state index in [-0.39, 0.29) is 17.3 Å². The Labute approximate surface area is 121 Å². The third-order valence-corrected chi connectivity index (χ3v) is 3.61. The van der Waals surface area contributed by atoms with Crippen LogP contribution in [0, 0.1) is 23.0 Å². The summed E-state index contributed by atoms with van der Waals surface area (Å²) in [5.74, 6) is -0.428. The molecule has 20 heavy (non-hydrogen) atoms. The highest BCUT2D eigenvalue weighted by Gasteiger charge is 2.27. The minimum atomic E-state index is -0.931. The number of rotatable bonds is 6. The monoisotopic (exact) mass is 298 g/mol. The number of carbonyl (C=O) groups is 1. The standard InChI is InChI=1S/C13H15ClN2O4/c1-8-4-12(16(19)20)10(14)5-11(8)15(7-13(17)18)6-9-2-3-9/h4-5,9H,2-3,6-7H2,1H3,(H,17,18). The van der Waals surface area contributed by atoms with E-state index >= 15 is 0 Å². The lowest BCUT2D eigenvalue weighted by atomic mass is 10.1. The van der Waals surface area contributed by atoms with Crippen molar-refractivity contribution in [2.45, 2.75) is 19.8 Å². The van der Waals surface area contributed by atoms with Crippen molar-refractivity contribution in [3.63, 3.8) is 0 Å². The summed E-state index contributed by atoms with van der Waals surface area (Å²) in [7, 11) is 0. The van der Waals surface area contributed by atoms with E-state index in [9.17, 15) is 14.9 Å². The van der Waals surface area contributed by atoms with Gasteiger partial charge in [-0.05, 0) is 37.3 Å². The molecular weight excluding hydrogens is 284 g/mol. The van der Waals surface area contributed by atoms with E-state index in [0.29, 0.717) is 23.7 Å². The number of nitrogens with zero attached hydrogens (tertiary/aromatic N) is 2. The summed E-state index contributed by atoms with van der Waals surface area (Å²) in [6.07, 6.45) is 2.19. The number of hydrogen-bond donors (Lipinski definition) is 1. The van der Waals surface area contributed by atoms with E-state index in [2.05, 4.69) is 0 Å². The van der Waals surface area contributed by atoms with E-state index in [1.165, 1.54) is 12.1 Å². The molecule has 7 heteroatoms. The van der Waals surface area contributed by atoms with Gasteiger partial charge in [0.15, 0.2) is 0 Å². The maximum Gasteiger partial charge on any atom is 0.323 e. The van der Waals surface area contributed by atoms with Crippen molar-refractivity contribution in [3.05, 3.63) is 32.8 Å². The molecule has 0 unspecified atom stereocenters. The van der Waals surface area contributed by atoms with E-state index in [1.54, 1.807) is 11.8 Å². The molecule has 0 amide bonds. The number of halogens is 1. The van der Waals surface area contributed by atoms with Crippen LogP contribution in [0.3, 0.4) is 0 Å². The second-order valence-corrected chi connectivity index (χ2v) is 5.47. The van der Waals surface area contributed by atoms with Crippen LogP contribution < -0.4 is 4.90 Å². The van der Waals surface area contributed by atoms with Gasteiger partial charge in [-0.2, -0.15) is 0 Å². The summed E-state index contributed by atoms with van der Waals surface area (Å²) < 4.78 is 0. The van der Waals surface area contributed by atoms with Gasteiger partial charge in [0.1, 0.15) is 11.6 Å². The number of nitro benzene ring substituents is 1. The Morgan fingerprint density at radius 1 is 1.55 bits per heavy atom. The number of hydrogen-bond acceptors (Lipinski definition) is 4. The average molecular weight is 299 g/mol. The molecule has 1 saturated carbocycles. The Balaban J connectivity index is 2.33. The molecule has 0 saturated heterocycles. The molecule has 0 spiro atoms. The maximum atomic E-state index is 11.0. The zero-order valence-corrected chi connectivity index (χ0v) is 11.8. The van der Waals surface area contributed by atoms with E-state index in [4.69, 9.17) is 16.7 Å². The summed E-state index contributed by atoms with van der Waals surface area (Å²) in [6, 6.07) is 2.87. The molecule has 2 rings (SSSR count). The Hall–Kier alpha value is -1.82. The number of nitro groups is 1. The zero-order chi connectivity index (χ0) is 14.9. The number of benzene rings is 1. The fourth-order valence-corrected chi connectivity index (χ4v) is 2.39. The molecule has 1 aliphatic rings. The van der Waals surface area contributed by atoms with Gasteiger partial charge in [-0.15, -0.1) is 0 Å². The van der Waals surface area contributed by atoms with Crippen molar-refractivity contribution in [1.82, 2.24) is 0 Å². The predicted molar refractivity (Wildman–Crippen MR) is 75.4 cm³/mol. The van der Waals surface area contributed by atoms with E-state index in [1.807, 2.05) is 0 Å². The van der Waals surface area contributed by atoms with Crippen molar-refractivity contribution in [2.24, 2.45) is 5.92 Å². The summed E-state index contributed by atoms with van der Waals surface area (Å²) in [4.78, 5) is 23.0. The Bertz CT molecular complexity index is 558. The SMILES string of the molecule is Cc1cc([N+](=O)[O-])c(Cl)cc1N(CC(=O)O)CC1CC1. The van der Waals surface area contributed by atoms with Gasteiger partial charge in [0.05, 0.1) is 4.92 Å². The quantitative estimate of drug-likeness (QED) is 0.645. The summed E-state index contributed by atoms with van der Waals surface area (Å²) in [5.41, 5.74) is 1.15. The van der Waals surface area contributed by atoms with Crippen LogP contribution in [-0.2, 0) is 4.79 Å². The van der Waals surface area contributed by atoms with Crippen molar-refractivity contribution < 1.29 is 14.8 Å². The van der Waals surface area contributed by atoms with E-state index in [0.717, 1.165) is 12.8 Å². The van der Waals surface area contributed by atoms with Crippen LogP contribution in [0.25, 0.3) is 0 Å². The molecule has 0 radical (unpaired) electrons. The molecule has 1 N–H and O–H groups in total. The highest BCUT2D eigenvalue weighted by molar-refractivity contribution is 6.33. The number of aliphatic carboxylic acids is 1. The van der Waals surface area contributed by atoms with Crippen LogP contribution in [0.2, 0.25) is 5.02 Å². The Morgan fingerprint density at radius 3 is 2.70 bits per heavy atom. The molecule has 1 aromatic carbocycles. The Morgan fingerprint density at radius 2 is 2.20 bits per heavy atom. The van der Waals surface area contributed by atoms with Crippen molar-refractivity contribution in [1.29, 1.82) is 0 Å². The van der Waals surface area contributed by atoms with Crippen molar-refractivity contribution in [3.8, 4) is 0 Å². The lowest BCUT2D eigenvalue weighted by Gasteiger charge is -2.24. The van der Waals surface area contributed by atoms with Gasteiger partial charge < -0.3 is 10.0 Å². The average Bonchev–Trinajstić information content (AvgIpc) is 3.13. The highest BCUT2D eigenvalue weighted by Crippen LogP contribution is 2.36. The summed E-state index contributed by atoms with van der Waals surface area (Å²) in [6.45, 7) is 2.23.